The van der Waals surface area contributed by atoms with E-state index in [4.69, 9.17) is 4.84 Å². The molecule has 3 heteroatoms. The Bertz CT molecular complexity index is 409. The molecule has 1 aliphatic rings. The molecular weight excluding hydrogens is 202 g/mol. The third-order valence-corrected chi connectivity index (χ3v) is 2.61. The molecule has 16 heavy (non-hydrogen) atoms. The van der Waals surface area contributed by atoms with E-state index in [2.05, 4.69) is 17.3 Å². The van der Waals surface area contributed by atoms with Crippen LogP contribution >= 0.6 is 0 Å². The van der Waals surface area contributed by atoms with E-state index in [0.717, 1.165) is 17.7 Å². The molecule has 2 rings (SSSR count). The number of aliphatic hydroxyl groups is 1. The molecule has 1 N–H and O–H groups in total. The normalized spacial score (nSPS) is 22.2. The van der Waals surface area contributed by atoms with Crippen LogP contribution in [0.25, 0.3) is 0 Å². The van der Waals surface area contributed by atoms with Gasteiger partial charge < -0.3 is 9.94 Å². The molecule has 1 aromatic carbocycles. The molecule has 84 valence electrons. The van der Waals surface area contributed by atoms with Crippen LogP contribution in [-0.4, -0.2) is 24.0 Å². The third kappa shape index (κ3) is 2.49. The van der Waals surface area contributed by atoms with Crippen LogP contribution in [0.1, 0.15) is 12.0 Å². The highest BCUT2D eigenvalue weighted by molar-refractivity contribution is 6.02. The number of benzene rings is 1. The predicted molar refractivity (Wildman–Crippen MR) is 63.3 cm³/mol. The van der Waals surface area contributed by atoms with Crippen molar-refractivity contribution in [1.29, 1.82) is 0 Å². The summed E-state index contributed by atoms with van der Waals surface area (Å²) in [7, 11) is 1.53. The summed E-state index contributed by atoms with van der Waals surface area (Å²) < 4.78 is 0. The highest BCUT2D eigenvalue weighted by atomic mass is 16.6. The number of allylic oxidation sites excluding steroid dienone is 1. The number of nitrogens with zero attached hydrogens (tertiary/aromatic N) is 1. The number of hydrogen-bond donors (Lipinski definition) is 1. The van der Waals surface area contributed by atoms with Crippen molar-refractivity contribution < 1.29 is 9.94 Å². The average Bonchev–Trinajstić information content (AvgIpc) is 2.61. The number of rotatable bonds is 3. The van der Waals surface area contributed by atoms with E-state index in [9.17, 15) is 5.11 Å². The Balaban J connectivity index is 2.15. The summed E-state index contributed by atoms with van der Waals surface area (Å²) in [5, 5.41) is 13.5. The highest BCUT2D eigenvalue weighted by Gasteiger charge is 2.21. The Morgan fingerprint density at radius 2 is 2.12 bits per heavy atom. The van der Waals surface area contributed by atoms with E-state index in [1.165, 1.54) is 12.7 Å². The van der Waals surface area contributed by atoms with Gasteiger partial charge in [0, 0.05) is 6.42 Å². The molecule has 0 saturated carbocycles. The van der Waals surface area contributed by atoms with Gasteiger partial charge >= 0.3 is 0 Å². The molecular formula is C13H15NO2. The van der Waals surface area contributed by atoms with Crippen molar-refractivity contribution in [3.05, 3.63) is 47.5 Å². The van der Waals surface area contributed by atoms with Gasteiger partial charge in [-0.25, -0.2) is 0 Å². The topological polar surface area (TPSA) is 41.8 Å². The second-order valence-corrected chi connectivity index (χ2v) is 3.85. The largest absolute Gasteiger partial charge is 0.399 e. The first-order chi connectivity index (χ1) is 7.79. The molecule has 1 aliphatic carbocycles. The lowest BCUT2D eigenvalue weighted by Gasteiger charge is -2.03. The fraction of sp³-hybridized carbons (Fsp3) is 0.308. The maximum atomic E-state index is 9.56. The van der Waals surface area contributed by atoms with E-state index in [-0.39, 0.29) is 0 Å². The van der Waals surface area contributed by atoms with Gasteiger partial charge in [0.05, 0.1) is 11.8 Å². The van der Waals surface area contributed by atoms with Crippen molar-refractivity contribution in [3.8, 4) is 0 Å². The van der Waals surface area contributed by atoms with Crippen molar-refractivity contribution in [3.63, 3.8) is 0 Å². The lowest BCUT2D eigenvalue weighted by Crippen LogP contribution is -2.04. The first-order valence-corrected chi connectivity index (χ1v) is 5.32. The van der Waals surface area contributed by atoms with Crippen LogP contribution in [0.2, 0.25) is 0 Å². The minimum absolute atomic E-state index is 0.424. The van der Waals surface area contributed by atoms with Crippen molar-refractivity contribution in [2.45, 2.75) is 18.9 Å². The molecule has 1 unspecified atom stereocenters. The molecule has 0 bridgehead atoms. The maximum Gasteiger partial charge on any atom is 0.106 e. The number of hydrogen-bond acceptors (Lipinski definition) is 3. The van der Waals surface area contributed by atoms with Crippen LogP contribution in [0, 0.1) is 0 Å². The summed E-state index contributed by atoms with van der Waals surface area (Å²) >= 11 is 0. The van der Waals surface area contributed by atoms with Crippen molar-refractivity contribution in [1.82, 2.24) is 0 Å². The number of aliphatic hydroxyl groups excluding tert-OH is 1. The third-order valence-electron chi connectivity index (χ3n) is 2.61. The molecule has 0 fully saturated rings. The van der Waals surface area contributed by atoms with Gasteiger partial charge in [-0.15, -0.1) is 0 Å². The van der Waals surface area contributed by atoms with Gasteiger partial charge in [0.2, 0.25) is 0 Å². The Kier molecular flexibility index (Phi) is 3.37. The molecule has 0 radical (unpaired) electrons. The standard InChI is InChI=1S/C13H15NO2/c1-16-14-13-9-12(15)8-11(13)7-10-5-3-2-4-6-10/h2-6,8,12,15H,7,9H2,1H3. The van der Waals surface area contributed by atoms with Gasteiger partial charge in [0.15, 0.2) is 0 Å². The van der Waals surface area contributed by atoms with E-state index < -0.39 is 6.10 Å². The molecule has 0 amide bonds. The van der Waals surface area contributed by atoms with Crippen LogP contribution < -0.4 is 0 Å². The Morgan fingerprint density at radius 1 is 1.38 bits per heavy atom. The first-order valence-electron chi connectivity index (χ1n) is 5.32. The first kappa shape index (κ1) is 10.9. The average molecular weight is 217 g/mol. The zero-order chi connectivity index (χ0) is 11.4. The van der Waals surface area contributed by atoms with Crippen molar-refractivity contribution in [2.24, 2.45) is 5.16 Å². The molecule has 0 aromatic heterocycles. The summed E-state index contributed by atoms with van der Waals surface area (Å²) in [5.74, 6) is 0. The Labute approximate surface area is 95.0 Å². The summed E-state index contributed by atoms with van der Waals surface area (Å²) in [5.41, 5.74) is 3.12. The molecule has 0 aliphatic heterocycles. The van der Waals surface area contributed by atoms with Crippen LogP contribution in [0.5, 0.6) is 0 Å². The molecule has 1 atom stereocenters. The fourth-order valence-electron chi connectivity index (χ4n) is 1.90. The zero-order valence-electron chi connectivity index (χ0n) is 9.26. The van der Waals surface area contributed by atoms with E-state index in [1.54, 1.807) is 0 Å². The van der Waals surface area contributed by atoms with Gasteiger partial charge in [-0.2, -0.15) is 0 Å². The monoisotopic (exact) mass is 217 g/mol. The minimum Gasteiger partial charge on any atom is -0.399 e. The van der Waals surface area contributed by atoms with E-state index in [0.29, 0.717) is 6.42 Å². The molecule has 0 saturated heterocycles. The SMILES string of the molecule is CON=C1CC(O)C=C1Cc1ccccc1. The molecule has 0 spiro atoms. The van der Waals surface area contributed by atoms with Gasteiger partial charge in [-0.1, -0.05) is 41.6 Å². The summed E-state index contributed by atoms with van der Waals surface area (Å²) in [6.45, 7) is 0. The summed E-state index contributed by atoms with van der Waals surface area (Å²) in [6.07, 6.45) is 2.77. The lowest BCUT2D eigenvalue weighted by molar-refractivity contribution is 0.207. The fourth-order valence-corrected chi connectivity index (χ4v) is 1.90. The quantitative estimate of drug-likeness (QED) is 0.786. The lowest BCUT2D eigenvalue weighted by atomic mass is 10.0. The Hall–Kier alpha value is -1.61. The maximum absolute atomic E-state index is 9.56. The highest BCUT2D eigenvalue weighted by Crippen LogP contribution is 2.20. The van der Waals surface area contributed by atoms with Crippen LogP contribution in [0.4, 0.5) is 0 Å². The molecule has 0 heterocycles. The molecule has 3 nitrogen and oxygen atoms in total. The van der Waals surface area contributed by atoms with Gasteiger partial charge in [0.1, 0.15) is 7.11 Å². The summed E-state index contributed by atoms with van der Waals surface area (Å²) in [6, 6.07) is 10.1. The zero-order valence-corrected chi connectivity index (χ0v) is 9.26. The van der Waals surface area contributed by atoms with E-state index >= 15 is 0 Å². The van der Waals surface area contributed by atoms with Crippen LogP contribution in [0.15, 0.2) is 47.1 Å². The second-order valence-electron chi connectivity index (χ2n) is 3.85. The van der Waals surface area contributed by atoms with Crippen molar-refractivity contribution >= 4 is 5.71 Å². The minimum atomic E-state index is -0.424. The van der Waals surface area contributed by atoms with Gasteiger partial charge in [-0.3, -0.25) is 0 Å². The van der Waals surface area contributed by atoms with Crippen LogP contribution in [-0.2, 0) is 11.3 Å². The van der Waals surface area contributed by atoms with Crippen molar-refractivity contribution in [2.75, 3.05) is 7.11 Å². The summed E-state index contributed by atoms with van der Waals surface area (Å²) in [4.78, 5) is 4.78. The van der Waals surface area contributed by atoms with Gasteiger partial charge in [0.25, 0.3) is 0 Å². The van der Waals surface area contributed by atoms with E-state index in [1.807, 2.05) is 24.3 Å². The number of oxime groups is 1. The smallest absolute Gasteiger partial charge is 0.106 e. The molecule has 1 aromatic rings. The van der Waals surface area contributed by atoms with Gasteiger partial charge in [-0.05, 0) is 17.6 Å². The predicted octanol–water partition coefficient (Wildman–Crippen LogP) is 1.92. The van der Waals surface area contributed by atoms with Crippen LogP contribution in [0.3, 0.4) is 0 Å². The Morgan fingerprint density at radius 3 is 2.81 bits per heavy atom. The second kappa shape index (κ2) is 4.94.